The van der Waals surface area contributed by atoms with E-state index in [9.17, 15) is 9.59 Å². The first kappa shape index (κ1) is 16.5. The fraction of sp³-hybridized carbons (Fsp3) is 0.211. The monoisotopic (exact) mass is 367 g/mol. The summed E-state index contributed by atoms with van der Waals surface area (Å²) in [5.41, 5.74) is 0.903. The molecule has 2 amide bonds. The van der Waals surface area contributed by atoms with Crippen LogP contribution >= 0.6 is 11.3 Å². The van der Waals surface area contributed by atoms with Gasteiger partial charge >= 0.3 is 0 Å². The maximum atomic E-state index is 12.8. The zero-order chi connectivity index (χ0) is 18.3. The number of thiazole rings is 1. The Kier molecular flexibility index (Phi) is 3.88. The second-order valence-corrected chi connectivity index (χ2v) is 7.25. The third-order valence-corrected chi connectivity index (χ3v) is 5.33. The second kappa shape index (κ2) is 6.10. The smallest absolute Gasteiger partial charge is 0.280 e. The predicted molar refractivity (Wildman–Crippen MR) is 102 cm³/mol. The van der Waals surface area contributed by atoms with Gasteiger partial charge in [-0.1, -0.05) is 36.5 Å². The van der Waals surface area contributed by atoms with Gasteiger partial charge < -0.3 is 10.1 Å². The zero-order valence-corrected chi connectivity index (χ0v) is 15.1. The van der Waals surface area contributed by atoms with Crippen molar-refractivity contribution in [3.63, 3.8) is 0 Å². The number of aryl methyl sites for hydroxylation is 1. The minimum Gasteiger partial charge on any atom is -0.466 e. The van der Waals surface area contributed by atoms with Crippen molar-refractivity contribution >= 4 is 44.2 Å². The number of benzene rings is 2. The first-order chi connectivity index (χ1) is 12.5. The molecule has 0 saturated heterocycles. The number of amides is 2. The summed E-state index contributed by atoms with van der Waals surface area (Å²) in [4.78, 5) is 29.7. The number of rotatable bonds is 3. The number of aromatic nitrogens is 1. The van der Waals surface area contributed by atoms with E-state index < -0.39 is 17.4 Å². The van der Waals surface area contributed by atoms with Crippen LogP contribution in [-0.4, -0.2) is 22.4 Å². The lowest BCUT2D eigenvalue weighted by Gasteiger charge is -2.32. The van der Waals surface area contributed by atoms with E-state index in [4.69, 9.17) is 4.74 Å². The highest BCUT2D eigenvalue weighted by atomic mass is 32.1. The van der Waals surface area contributed by atoms with Crippen LogP contribution in [0.25, 0.3) is 10.2 Å². The number of fused-ring (bicyclic) bond motifs is 2. The maximum Gasteiger partial charge on any atom is 0.280 e. The number of anilines is 2. The van der Waals surface area contributed by atoms with Gasteiger partial charge in [0.25, 0.3) is 17.4 Å². The van der Waals surface area contributed by atoms with Gasteiger partial charge in [-0.05, 0) is 43.2 Å². The molecule has 0 spiro atoms. The summed E-state index contributed by atoms with van der Waals surface area (Å²) < 4.78 is 6.72. The Hall–Kier alpha value is -2.93. The SMILES string of the molecule is CCc1ccc2nc(NC(=O)C3(C)Oc4ccccc4NC3=O)sc2c1. The Labute approximate surface area is 154 Å². The van der Waals surface area contributed by atoms with Crippen molar-refractivity contribution in [3.8, 4) is 5.75 Å². The lowest BCUT2D eigenvalue weighted by molar-refractivity contribution is -0.143. The van der Waals surface area contributed by atoms with Crippen LogP contribution < -0.4 is 15.4 Å². The summed E-state index contributed by atoms with van der Waals surface area (Å²) in [6.45, 7) is 3.54. The van der Waals surface area contributed by atoms with Gasteiger partial charge in [0.1, 0.15) is 5.75 Å². The average Bonchev–Trinajstić information content (AvgIpc) is 3.03. The van der Waals surface area contributed by atoms with Crippen molar-refractivity contribution in [2.24, 2.45) is 0 Å². The number of para-hydroxylation sites is 2. The average molecular weight is 367 g/mol. The highest BCUT2D eigenvalue weighted by Crippen LogP contribution is 2.34. The highest BCUT2D eigenvalue weighted by molar-refractivity contribution is 7.22. The highest BCUT2D eigenvalue weighted by Gasteiger charge is 2.47. The third kappa shape index (κ3) is 2.70. The van der Waals surface area contributed by atoms with Crippen LogP contribution in [0.4, 0.5) is 10.8 Å². The minimum atomic E-state index is -1.67. The van der Waals surface area contributed by atoms with Crippen LogP contribution in [0.15, 0.2) is 42.5 Å². The van der Waals surface area contributed by atoms with E-state index in [1.807, 2.05) is 12.1 Å². The van der Waals surface area contributed by atoms with Crippen molar-refractivity contribution in [1.82, 2.24) is 4.98 Å². The number of hydrogen-bond donors (Lipinski definition) is 2. The molecule has 0 aliphatic carbocycles. The van der Waals surface area contributed by atoms with Crippen molar-refractivity contribution < 1.29 is 14.3 Å². The number of carbonyl (C=O) groups excluding carboxylic acids is 2. The van der Waals surface area contributed by atoms with Crippen molar-refractivity contribution in [3.05, 3.63) is 48.0 Å². The standard InChI is InChI=1S/C19H17N3O3S/c1-3-11-8-9-13-15(10-11)26-18(21-13)22-17(24)19(2)16(23)20-12-6-4-5-7-14(12)25-19/h4-10H,3H2,1-2H3,(H,20,23)(H,21,22,24). The normalized spacial score (nSPS) is 18.8. The van der Waals surface area contributed by atoms with Crippen molar-refractivity contribution in [2.45, 2.75) is 25.9 Å². The molecule has 0 bridgehead atoms. The molecule has 7 heteroatoms. The van der Waals surface area contributed by atoms with E-state index in [1.165, 1.54) is 23.8 Å². The molecule has 1 unspecified atom stereocenters. The van der Waals surface area contributed by atoms with Gasteiger partial charge in [0.05, 0.1) is 15.9 Å². The molecule has 1 aromatic heterocycles. The second-order valence-electron chi connectivity index (χ2n) is 6.21. The van der Waals surface area contributed by atoms with Crippen LogP contribution in [0.1, 0.15) is 19.4 Å². The molecule has 132 valence electrons. The molecular formula is C19H17N3O3S. The Morgan fingerprint density at radius 3 is 2.92 bits per heavy atom. The Balaban J connectivity index is 1.60. The van der Waals surface area contributed by atoms with E-state index in [2.05, 4.69) is 28.6 Å². The van der Waals surface area contributed by atoms with E-state index in [0.29, 0.717) is 16.6 Å². The predicted octanol–water partition coefficient (Wildman–Crippen LogP) is 3.59. The zero-order valence-electron chi connectivity index (χ0n) is 14.3. The summed E-state index contributed by atoms with van der Waals surface area (Å²) in [7, 11) is 0. The van der Waals surface area contributed by atoms with Crippen LogP contribution in [0, 0.1) is 0 Å². The van der Waals surface area contributed by atoms with Crippen LogP contribution in [0.3, 0.4) is 0 Å². The van der Waals surface area contributed by atoms with Crippen LogP contribution in [0.2, 0.25) is 0 Å². The van der Waals surface area contributed by atoms with E-state index in [1.54, 1.807) is 24.3 Å². The van der Waals surface area contributed by atoms with Gasteiger partial charge in [-0.3, -0.25) is 14.9 Å². The quantitative estimate of drug-likeness (QED) is 0.693. The van der Waals surface area contributed by atoms with Gasteiger partial charge in [-0.2, -0.15) is 0 Å². The van der Waals surface area contributed by atoms with Crippen molar-refractivity contribution in [1.29, 1.82) is 0 Å². The lowest BCUT2D eigenvalue weighted by atomic mass is 10.0. The molecule has 26 heavy (non-hydrogen) atoms. The maximum absolute atomic E-state index is 12.8. The van der Waals surface area contributed by atoms with Gasteiger partial charge in [-0.15, -0.1) is 0 Å². The van der Waals surface area contributed by atoms with Gasteiger partial charge in [0.15, 0.2) is 5.13 Å². The third-order valence-electron chi connectivity index (χ3n) is 4.40. The summed E-state index contributed by atoms with van der Waals surface area (Å²) in [6.07, 6.45) is 0.932. The lowest BCUT2D eigenvalue weighted by Crippen LogP contribution is -2.56. The van der Waals surface area contributed by atoms with Gasteiger partial charge in [0, 0.05) is 0 Å². The number of ether oxygens (including phenoxy) is 1. The molecular weight excluding hydrogens is 350 g/mol. The fourth-order valence-electron chi connectivity index (χ4n) is 2.78. The number of nitrogens with zero attached hydrogens (tertiary/aromatic N) is 1. The molecule has 3 aromatic rings. The number of hydrogen-bond acceptors (Lipinski definition) is 5. The topological polar surface area (TPSA) is 80.3 Å². The van der Waals surface area contributed by atoms with Crippen LogP contribution in [0.5, 0.6) is 5.75 Å². The summed E-state index contributed by atoms with van der Waals surface area (Å²) in [6, 6.07) is 13.0. The largest absolute Gasteiger partial charge is 0.466 e. The minimum absolute atomic E-state index is 0.440. The first-order valence-corrected chi connectivity index (χ1v) is 9.11. The summed E-state index contributed by atoms with van der Waals surface area (Å²) in [5, 5.41) is 5.88. The summed E-state index contributed by atoms with van der Waals surface area (Å²) in [5.74, 6) is -0.607. The number of nitrogens with one attached hydrogen (secondary N) is 2. The van der Waals surface area contributed by atoms with E-state index in [0.717, 1.165) is 16.6 Å². The van der Waals surface area contributed by atoms with Crippen molar-refractivity contribution in [2.75, 3.05) is 10.6 Å². The molecule has 1 aliphatic heterocycles. The summed E-state index contributed by atoms with van der Waals surface area (Å²) >= 11 is 1.37. The van der Waals surface area contributed by atoms with Gasteiger partial charge in [0.2, 0.25) is 0 Å². The number of carbonyl (C=O) groups is 2. The Morgan fingerprint density at radius 1 is 1.31 bits per heavy atom. The molecule has 4 rings (SSSR count). The fourth-order valence-corrected chi connectivity index (χ4v) is 3.70. The molecule has 2 N–H and O–H groups in total. The first-order valence-electron chi connectivity index (χ1n) is 8.30. The molecule has 2 heterocycles. The molecule has 1 aliphatic rings. The molecule has 6 nitrogen and oxygen atoms in total. The molecule has 0 saturated carbocycles. The molecule has 1 atom stereocenters. The van der Waals surface area contributed by atoms with Gasteiger partial charge in [-0.25, -0.2) is 4.98 Å². The van der Waals surface area contributed by atoms with E-state index in [-0.39, 0.29) is 0 Å². The molecule has 2 aromatic carbocycles. The Bertz CT molecular complexity index is 1030. The molecule has 0 fully saturated rings. The van der Waals surface area contributed by atoms with E-state index >= 15 is 0 Å². The molecule has 0 radical (unpaired) electrons. The Morgan fingerprint density at radius 2 is 2.12 bits per heavy atom. The van der Waals surface area contributed by atoms with Crippen LogP contribution in [-0.2, 0) is 16.0 Å².